The number of halogens is 2. The number of pyridine rings is 1. The maximum atomic E-state index is 12.5. The Bertz CT molecular complexity index is 1140. The summed E-state index contributed by atoms with van der Waals surface area (Å²) in [6, 6.07) is 12.7. The van der Waals surface area contributed by atoms with E-state index >= 15 is 0 Å². The molecule has 3 aromatic rings. The fourth-order valence-corrected chi connectivity index (χ4v) is 4.07. The van der Waals surface area contributed by atoms with E-state index in [1.54, 1.807) is 18.2 Å². The predicted molar refractivity (Wildman–Crippen MR) is 117 cm³/mol. The minimum atomic E-state index is -2.85. The molecule has 3 N–H and O–H groups in total. The highest BCUT2D eigenvalue weighted by molar-refractivity contribution is 5.93. The highest BCUT2D eigenvalue weighted by Crippen LogP contribution is 2.32. The largest absolute Gasteiger partial charge is 0.478 e. The van der Waals surface area contributed by atoms with Gasteiger partial charge in [0.1, 0.15) is 5.75 Å². The van der Waals surface area contributed by atoms with Gasteiger partial charge in [-0.15, -0.1) is 0 Å². The molecule has 0 bridgehead atoms. The Kier molecular flexibility index (Phi) is 6.32. The fraction of sp³-hybridized carbons (Fsp3) is 0.250. The summed E-state index contributed by atoms with van der Waals surface area (Å²) in [5, 5.41) is 16.0. The summed E-state index contributed by atoms with van der Waals surface area (Å²) in [6.07, 6.45) is 3.83. The molecule has 0 radical (unpaired) electrons. The fourth-order valence-electron chi connectivity index (χ4n) is 4.07. The van der Waals surface area contributed by atoms with Crippen molar-refractivity contribution in [2.45, 2.75) is 26.0 Å². The summed E-state index contributed by atoms with van der Waals surface area (Å²) in [5.41, 5.74) is 5.83. The van der Waals surface area contributed by atoms with Crippen molar-refractivity contribution in [1.82, 2.24) is 10.3 Å². The molecule has 1 atom stereocenters. The van der Waals surface area contributed by atoms with E-state index in [-0.39, 0.29) is 17.4 Å². The Balaban J connectivity index is 1.54. The number of hydrogen-bond acceptors (Lipinski definition) is 5. The van der Waals surface area contributed by atoms with Gasteiger partial charge in [0.05, 0.1) is 17.4 Å². The van der Waals surface area contributed by atoms with Gasteiger partial charge >= 0.3 is 12.6 Å². The van der Waals surface area contributed by atoms with E-state index in [2.05, 4.69) is 32.5 Å². The number of rotatable bonds is 7. The second-order valence-electron chi connectivity index (χ2n) is 7.63. The van der Waals surface area contributed by atoms with Crippen LogP contribution in [0.25, 0.3) is 11.1 Å². The maximum Gasteiger partial charge on any atom is 0.387 e. The summed E-state index contributed by atoms with van der Waals surface area (Å²) in [6.45, 7) is 0.328. The Labute approximate surface area is 184 Å². The number of aromatic nitrogens is 1. The summed E-state index contributed by atoms with van der Waals surface area (Å²) < 4.78 is 29.4. The van der Waals surface area contributed by atoms with Crippen LogP contribution in [0.15, 0.2) is 54.9 Å². The normalized spacial score (nSPS) is 15.3. The molecule has 1 aliphatic rings. The second-order valence-corrected chi connectivity index (χ2v) is 7.63. The lowest BCUT2D eigenvalue weighted by molar-refractivity contribution is -0.0498. The molecule has 2 heterocycles. The van der Waals surface area contributed by atoms with Gasteiger partial charge in [-0.25, -0.2) is 4.79 Å². The van der Waals surface area contributed by atoms with Crippen LogP contribution in [0.3, 0.4) is 0 Å². The van der Waals surface area contributed by atoms with Gasteiger partial charge in [-0.3, -0.25) is 4.98 Å². The lowest BCUT2D eigenvalue weighted by atomic mass is 9.89. The van der Waals surface area contributed by atoms with Gasteiger partial charge in [0, 0.05) is 18.8 Å². The number of carbonyl (C=O) groups is 1. The van der Waals surface area contributed by atoms with E-state index in [4.69, 9.17) is 0 Å². The van der Waals surface area contributed by atoms with Crippen molar-refractivity contribution in [3.63, 3.8) is 0 Å². The van der Waals surface area contributed by atoms with Crippen molar-refractivity contribution in [2.75, 3.05) is 18.4 Å². The number of hydrogen-bond donors (Lipinski definition) is 3. The number of anilines is 1. The molecular formula is C24H23F2N3O3. The first kappa shape index (κ1) is 21.7. The standard InChI is InChI=1S/C24H23F2N3O3/c1-14-10-17(32-24(25)26)3-5-18(14)15-2-4-19-16(11-15)6-9-28-22(19)13-29-21-12-27-8-7-20(21)23(30)31/h2-5,7-8,10-12,22,24,28-29H,6,9,13H2,1H3,(H,30,31)/t22-/m1/s1. The van der Waals surface area contributed by atoms with Crippen LogP contribution < -0.4 is 15.4 Å². The first-order chi connectivity index (χ1) is 15.4. The zero-order valence-corrected chi connectivity index (χ0v) is 17.4. The number of nitrogens with one attached hydrogen (secondary N) is 2. The van der Waals surface area contributed by atoms with Crippen molar-refractivity contribution in [3.05, 3.63) is 77.1 Å². The summed E-state index contributed by atoms with van der Waals surface area (Å²) in [7, 11) is 0. The molecule has 0 unspecified atom stereocenters. The Hall–Kier alpha value is -3.52. The van der Waals surface area contributed by atoms with Crippen molar-refractivity contribution < 1.29 is 23.4 Å². The van der Waals surface area contributed by atoms with E-state index in [0.29, 0.717) is 12.2 Å². The van der Waals surface area contributed by atoms with Crippen LogP contribution in [0.5, 0.6) is 5.75 Å². The van der Waals surface area contributed by atoms with Gasteiger partial charge in [0.2, 0.25) is 0 Å². The number of ether oxygens (including phenoxy) is 1. The van der Waals surface area contributed by atoms with Crippen LogP contribution in [0.4, 0.5) is 14.5 Å². The van der Waals surface area contributed by atoms with Crippen molar-refractivity contribution in [2.24, 2.45) is 0 Å². The van der Waals surface area contributed by atoms with Crippen LogP contribution in [-0.4, -0.2) is 35.8 Å². The van der Waals surface area contributed by atoms with E-state index < -0.39 is 12.6 Å². The monoisotopic (exact) mass is 439 g/mol. The minimum absolute atomic E-state index is 0.0116. The molecular weight excluding hydrogens is 416 g/mol. The van der Waals surface area contributed by atoms with Gasteiger partial charge in [0.15, 0.2) is 0 Å². The summed E-state index contributed by atoms with van der Waals surface area (Å²) in [5.74, 6) is -0.859. The van der Waals surface area contributed by atoms with Crippen LogP contribution >= 0.6 is 0 Å². The van der Waals surface area contributed by atoms with E-state index in [0.717, 1.165) is 35.2 Å². The molecule has 32 heavy (non-hydrogen) atoms. The van der Waals surface area contributed by atoms with Gasteiger partial charge in [-0.2, -0.15) is 8.78 Å². The molecule has 2 aromatic carbocycles. The Morgan fingerprint density at radius 3 is 2.88 bits per heavy atom. The maximum absolute atomic E-state index is 12.5. The van der Waals surface area contributed by atoms with Gasteiger partial charge < -0.3 is 20.5 Å². The molecule has 0 aliphatic carbocycles. The van der Waals surface area contributed by atoms with Crippen molar-refractivity contribution >= 4 is 11.7 Å². The van der Waals surface area contributed by atoms with E-state index in [9.17, 15) is 18.7 Å². The SMILES string of the molecule is Cc1cc(OC(F)F)ccc1-c1ccc2c(c1)CCN[C@@H]2CNc1cnccc1C(=O)O. The number of nitrogens with zero attached hydrogens (tertiary/aromatic N) is 1. The number of carboxylic acid groups (broad SMARTS) is 1. The first-order valence-corrected chi connectivity index (χ1v) is 10.3. The Morgan fingerprint density at radius 2 is 2.12 bits per heavy atom. The van der Waals surface area contributed by atoms with Crippen LogP contribution in [0.1, 0.15) is 33.1 Å². The number of alkyl halides is 2. The average Bonchev–Trinajstić information content (AvgIpc) is 2.77. The molecule has 0 saturated carbocycles. The molecule has 6 nitrogen and oxygen atoms in total. The first-order valence-electron chi connectivity index (χ1n) is 10.3. The second kappa shape index (κ2) is 9.32. The lowest BCUT2D eigenvalue weighted by Gasteiger charge is -2.28. The van der Waals surface area contributed by atoms with Gasteiger partial charge in [0.25, 0.3) is 0 Å². The lowest BCUT2D eigenvalue weighted by Crippen LogP contribution is -2.34. The number of aromatic carboxylic acids is 1. The van der Waals surface area contributed by atoms with Gasteiger partial charge in [-0.1, -0.05) is 24.3 Å². The molecule has 8 heteroatoms. The van der Waals surface area contributed by atoms with Crippen LogP contribution in [0.2, 0.25) is 0 Å². The summed E-state index contributed by atoms with van der Waals surface area (Å²) >= 11 is 0. The number of fused-ring (bicyclic) bond motifs is 1. The third kappa shape index (κ3) is 4.70. The van der Waals surface area contributed by atoms with Crippen molar-refractivity contribution in [1.29, 1.82) is 0 Å². The topological polar surface area (TPSA) is 83.5 Å². The number of carboxylic acids is 1. The van der Waals surface area contributed by atoms with Crippen LogP contribution in [-0.2, 0) is 6.42 Å². The Morgan fingerprint density at radius 1 is 1.28 bits per heavy atom. The molecule has 0 spiro atoms. The zero-order valence-electron chi connectivity index (χ0n) is 17.4. The smallest absolute Gasteiger partial charge is 0.387 e. The van der Waals surface area contributed by atoms with Crippen molar-refractivity contribution in [3.8, 4) is 16.9 Å². The zero-order chi connectivity index (χ0) is 22.7. The third-order valence-corrected chi connectivity index (χ3v) is 5.59. The highest BCUT2D eigenvalue weighted by atomic mass is 19.3. The quantitative estimate of drug-likeness (QED) is 0.497. The molecule has 1 aliphatic heterocycles. The molecule has 166 valence electrons. The number of benzene rings is 2. The van der Waals surface area contributed by atoms with E-state index in [1.165, 1.54) is 24.0 Å². The minimum Gasteiger partial charge on any atom is -0.478 e. The molecule has 0 amide bonds. The van der Waals surface area contributed by atoms with Gasteiger partial charge in [-0.05, 0) is 65.9 Å². The third-order valence-electron chi connectivity index (χ3n) is 5.59. The molecule has 1 aromatic heterocycles. The molecule has 0 fully saturated rings. The molecule has 0 saturated heterocycles. The summed E-state index contributed by atoms with van der Waals surface area (Å²) in [4.78, 5) is 15.4. The predicted octanol–water partition coefficient (Wildman–Crippen LogP) is 4.66. The van der Waals surface area contributed by atoms with E-state index in [1.807, 2.05) is 13.0 Å². The molecule has 4 rings (SSSR count). The van der Waals surface area contributed by atoms with Crippen LogP contribution in [0, 0.1) is 6.92 Å². The average molecular weight is 439 g/mol. The highest BCUT2D eigenvalue weighted by Gasteiger charge is 2.21. The number of aryl methyl sites for hydroxylation is 1.